The van der Waals surface area contributed by atoms with E-state index < -0.39 is 0 Å². The van der Waals surface area contributed by atoms with Gasteiger partial charge in [-0.15, -0.1) is 0 Å². The summed E-state index contributed by atoms with van der Waals surface area (Å²) in [6.07, 6.45) is 0. The van der Waals surface area contributed by atoms with Crippen LogP contribution in [-0.4, -0.2) is 38.1 Å². The first-order chi connectivity index (χ1) is 15.6. The summed E-state index contributed by atoms with van der Waals surface area (Å²) >= 11 is 0. The Bertz CT molecular complexity index is 1070. The molecule has 2 N–H and O–H groups in total. The SMILES string of the molecule is Cc1ccc(CNC(=O)c2ccccc2NC(=O)c2ccc(N3CCOCC3)cc2)cc1. The first kappa shape index (κ1) is 21.6. The maximum atomic E-state index is 12.8. The van der Waals surface area contributed by atoms with Gasteiger partial charge in [0.05, 0.1) is 24.5 Å². The summed E-state index contributed by atoms with van der Waals surface area (Å²) in [6.45, 7) is 5.56. The maximum Gasteiger partial charge on any atom is 0.255 e. The van der Waals surface area contributed by atoms with E-state index in [1.807, 2.05) is 43.3 Å². The van der Waals surface area contributed by atoms with Crippen molar-refractivity contribution in [1.29, 1.82) is 0 Å². The molecule has 0 atom stereocenters. The maximum absolute atomic E-state index is 12.8. The molecule has 4 rings (SSSR count). The lowest BCUT2D eigenvalue weighted by Crippen LogP contribution is -2.36. The molecule has 0 bridgehead atoms. The highest BCUT2D eigenvalue weighted by atomic mass is 16.5. The van der Waals surface area contributed by atoms with E-state index in [-0.39, 0.29) is 11.8 Å². The molecular formula is C26H27N3O3. The van der Waals surface area contributed by atoms with E-state index in [2.05, 4.69) is 15.5 Å². The first-order valence-corrected chi connectivity index (χ1v) is 10.8. The van der Waals surface area contributed by atoms with Gasteiger partial charge in [0.1, 0.15) is 0 Å². The number of benzene rings is 3. The van der Waals surface area contributed by atoms with Crippen molar-refractivity contribution in [2.75, 3.05) is 36.5 Å². The Kier molecular flexibility index (Phi) is 6.82. The summed E-state index contributed by atoms with van der Waals surface area (Å²) in [5.41, 5.74) is 4.71. The lowest BCUT2D eigenvalue weighted by molar-refractivity contribution is 0.0951. The Morgan fingerprint density at radius 3 is 2.28 bits per heavy atom. The van der Waals surface area contributed by atoms with Gasteiger partial charge in [-0.1, -0.05) is 42.0 Å². The molecule has 6 heteroatoms. The van der Waals surface area contributed by atoms with E-state index in [1.54, 1.807) is 36.4 Å². The number of morpholine rings is 1. The number of nitrogens with one attached hydrogen (secondary N) is 2. The number of ether oxygens (including phenoxy) is 1. The highest BCUT2D eigenvalue weighted by Gasteiger charge is 2.15. The fourth-order valence-corrected chi connectivity index (χ4v) is 3.61. The van der Waals surface area contributed by atoms with Crippen LogP contribution in [0.25, 0.3) is 0 Å². The summed E-state index contributed by atoms with van der Waals surface area (Å²) in [4.78, 5) is 27.8. The summed E-state index contributed by atoms with van der Waals surface area (Å²) in [7, 11) is 0. The molecule has 2 amide bonds. The topological polar surface area (TPSA) is 70.7 Å². The molecule has 0 spiro atoms. The largest absolute Gasteiger partial charge is 0.378 e. The third-order valence-corrected chi connectivity index (χ3v) is 5.50. The minimum atomic E-state index is -0.252. The van der Waals surface area contributed by atoms with Crippen LogP contribution in [0.2, 0.25) is 0 Å². The molecule has 1 saturated heterocycles. The van der Waals surface area contributed by atoms with Gasteiger partial charge in [-0.05, 0) is 48.9 Å². The van der Waals surface area contributed by atoms with Crippen LogP contribution in [0, 0.1) is 6.92 Å². The molecule has 0 unspecified atom stereocenters. The summed E-state index contributed by atoms with van der Waals surface area (Å²) in [6, 6.07) is 22.5. The average molecular weight is 430 g/mol. The van der Waals surface area contributed by atoms with Gasteiger partial charge in [0.25, 0.3) is 11.8 Å². The molecule has 3 aromatic carbocycles. The van der Waals surface area contributed by atoms with Crippen molar-refractivity contribution in [3.8, 4) is 0 Å². The number of amides is 2. The molecule has 0 saturated carbocycles. The quantitative estimate of drug-likeness (QED) is 0.621. The molecule has 6 nitrogen and oxygen atoms in total. The van der Waals surface area contributed by atoms with E-state index in [9.17, 15) is 9.59 Å². The minimum Gasteiger partial charge on any atom is -0.378 e. The van der Waals surface area contributed by atoms with Crippen LogP contribution in [0.4, 0.5) is 11.4 Å². The molecule has 32 heavy (non-hydrogen) atoms. The van der Waals surface area contributed by atoms with E-state index in [0.717, 1.165) is 24.3 Å². The van der Waals surface area contributed by atoms with Crippen molar-refractivity contribution in [1.82, 2.24) is 5.32 Å². The van der Waals surface area contributed by atoms with Crippen molar-refractivity contribution >= 4 is 23.2 Å². The van der Waals surface area contributed by atoms with Gasteiger partial charge in [0.2, 0.25) is 0 Å². The lowest BCUT2D eigenvalue weighted by Gasteiger charge is -2.28. The molecule has 0 radical (unpaired) electrons. The van der Waals surface area contributed by atoms with Crippen LogP contribution in [0.5, 0.6) is 0 Å². The van der Waals surface area contributed by atoms with Crippen LogP contribution < -0.4 is 15.5 Å². The summed E-state index contributed by atoms with van der Waals surface area (Å²) < 4.78 is 5.39. The third-order valence-electron chi connectivity index (χ3n) is 5.50. The number of hydrogen-bond donors (Lipinski definition) is 2. The highest BCUT2D eigenvalue weighted by Crippen LogP contribution is 2.19. The van der Waals surface area contributed by atoms with Crippen molar-refractivity contribution < 1.29 is 14.3 Å². The Labute approximate surface area is 188 Å². The molecule has 1 aliphatic heterocycles. The summed E-state index contributed by atoms with van der Waals surface area (Å²) in [5, 5.41) is 5.80. The van der Waals surface area contributed by atoms with Crippen molar-refractivity contribution in [2.24, 2.45) is 0 Å². The molecule has 0 aliphatic carbocycles. The predicted molar refractivity (Wildman–Crippen MR) is 126 cm³/mol. The number of carbonyl (C=O) groups is 2. The summed E-state index contributed by atoms with van der Waals surface area (Å²) in [5.74, 6) is -0.485. The Morgan fingerprint density at radius 2 is 1.56 bits per heavy atom. The van der Waals surface area contributed by atoms with E-state index in [1.165, 1.54) is 5.56 Å². The third kappa shape index (κ3) is 5.34. The van der Waals surface area contributed by atoms with Crippen LogP contribution in [0.3, 0.4) is 0 Å². The number of para-hydroxylation sites is 1. The number of nitrogens with zero attached hydrogens (tertiary/aromatic N) is 1. The van der Waals surface area contributed by atoms with Gasteiger partial charge in [-0.2, -0.15) is 0 Å². The first-order valence-electron chi connectivity index (χ1n) is 10.8. The van der Waals surface area contributed by atoms with Crippen LogP contribution >= 0.6 is 0 Å². The van der Waals surface area contributed by atoms with Gasteiger partial charge in [0.15, 0.2) is 0 Å². The second kappa shape index (κ2) is 10.1. The molecule has 0 aromatic heterocycles. The van der Waals surface area contributed by atoms with E-state index >= 15 is 0 Å². The van der Waals surface area contributed by atoms with Gasteiger partial charge >= 0.3 is 0 Å². The molecule has 1 fully saturated rings. The molecule has 1 aliphatic rings. The fourth-order valence-electron chi connectivity index (χ4n) is 3.61. The zero-order chi connectivity index (χ0) is 22.3. The Hall–Kier alpha value is -3.64. The Morgan fingerprint density at radius 1 is 0.875 bits per heavy atom. The molecule has 3 aromatic rings. The van der Waals surface area contributed by atoms with Crippen LogP contribution in [0.1, 0.15) is 31.8 Å². The van der Waals surface area contributed by atoms with Crippen LogP contribution in [-0.2, 0) is 11.3 Å². The number of rotatable bonds is 6. The van der Waals surface area contributed by atoms with Gasteiger partial charge < -0.3 is 20.3 Å². The zero-order valence-corrected chi connectivity index (χ0v) is 18.1. The van der Waals surface area contributed by atoms with Crippen molar-refractivity contribution in [3.05, 3.63) is 95.1 Å². The van der Waals surface area contributed by atoms with Crippen molar-refractivity contribution in [3.63, 3.8) is 0 Å². The number of hydrogen-bond acceptors (Lipinski definition) is 4. The van der Waals surface area contributed by atoms with Gasteiger partial charge in [-0.3, -0.25) is 9.59 Å². The predicted octanol–water partition coefficient (Wildman–Crippen LogP) is 4.01. The second-order valence-electron chi connectivity index (χ2n) is 7.81. The highest BCUT2D eigenvalue weighted by molar-refractivity contribution is 6.09. The molecular weight excluding hydrogens is 402 g/mol. The number of carbonyl (C=O) groups excluding carboxylic acids is 2. The zero-order valence-electron chi connectivity index (χ0n) is 18.1. The average Bonchev–Trinajstić information content (AvgIpc) is 2.84. The normalized spacial score (nSPS) is 13.5. The van der Waals surface area contributed by atoms with E-state index in [0.29, 0.717) is 36.6 Å². The van der Waals surface area contributed by atoms with Crippen molar-refractivity contribution in [2.45, 2.75) is 13.5 Å². The smallest absolute Gasteiger partial charge is 0.255 e. The monoisotopic (exact) mass is 429 g/mol. The molecule has 1 heterocycles. The van der Waals surface area contributed by atoms with Crippen LogP contribution in [0.15, 0.2) is 72.8 Å². The minimum absolute atomic E-state index is 0.232. The lowest BCUT2D eigenvalue weighted by atomic mass is 10.1. The fraction of sp³-hybridized carbons (Fsp3) is 0.231. The molecule has 164 valence electrons. The number of aryl methyl sites for hydroxylation is 1. The van der Waals surface area contributed by atoms with Gasteiger partial charge in [-0.25, -0.2) is 0 Å². The van der Waals surface area contributed by atoms with E-state index in [4.69, 9.17) is 4.74 Å². The second-order valence-corrected chi connectivity index (χ2v) is 7.81. The number of anilines is 2. The van der Waals surface area contributed by atoms with Gasteiger partial charge in [0, 0.05) is 30.9 Å². The Balaban J connectivity index is 1.41. The standard InChI is InChI=1S/C26H27N3O3/c1-19-6-8-20(9-7-19)18-27-26(31)23-4-2-3-5-24(23)28-25(30)21-10-12-22(13-11-21)29-14-16-32-17-15-29/h2-13H,14-18H2,1H3,(H,27,31)(H,28,30).